The fourth-order valence-corrected chi connectivity index (χ4v) is 1.32. The fraction of sp³-hybridized carbons (Fsp3) is 0.0833. The van der Waals surface area contributed by atoms with Crippen molar-refractivity contribution in [2.75, 3.05) is 0 Å². The molecular formula is C12H9N4. The minimum Gasteiger partial charge on any atom is -0.255 e. The van der Waals surface area contributed by atoms with Crippen LogP contribution in [0.15, 0.2) is 24.7 Å². The van der Waals surface area contributed by atoms with Crippen molar-refractivity contribution < 1.29 is 0 Å². The van der Waals surface area contributed by atoms with Gasteiger partial charge in [0.2, 0.25) is 0 Å². The molecule has 0 spiro atoms. The maximum absolute atomic E-state index is 8.79. The lowest BCUT2D eigenvalue weighted by molar-refractivity contribution is 1.10. The van der Waals surface area contributed by atoms with E-state index >= 15 is 0 Å². The molecule has 77 valence electrons. The molecule has 0 amide bonds. The second-order valence-corrected chi connectivity index (χ2v) is 3.38. The molecule has 0 atom stereocenters. The number of pyridine rings is 1. The maximum Gasteiger partial charge on any atom is 0.128 e. The summed E-state index contributed by atoms with van der Waals surface area (Å²) in [5.41, 5.74) is 3.06. The quantitative estimate of drug-likeness (QED) is 0.719. The van der Waals surface area contributed by atoms with Crippen molar-refractivity contribution in [1.29, 1.82) is 5.26 Å². The maximum atomic E-state index is 8.79. The van der Waals surface area contributed by atoms with Crippen molar-refractivity contribution in [3.63, 3.8) is 0 Å². The van der Waals surface area contributed by atoms with Gasteiger partial charge < -0.3 is 0 Å². The molecule has 0 N–H and O–H groups in total. The van der Waals surface area contributed by atoms with Crippen LogP contribution >= 0.6 is 0 Å². The van der Waals surface area contributed by atoms with Crippen LogP contribution in [0.3, 0.4) is 0 Å². The highest BCUT2D eigenvalue weighted by molar-refractivity contribution is 5.58. The first-order valence-corrected chi connectivity index (χ1v) is 4.72. The molecule has 0 aliphatic carbocycles. The molecule has 4 heteroatoms. The van der Waals surface area contributed by atoms with Crippen LogP contribution in [0.25, 0.3) is 11.3 Å². The van der Waals surface area contributed by atoms with Gasteiger partial charge in [-0.05, 0) is 18.6 Å². The average Bonchev–Trinajstić information content (AvgIpc) is 2.30. The zero-order chi connectivity index (χ0) is 11.5. The van der Waals surface area contributed by atoms with E-state index in [-0.39, 0.29) is 0 Å². The van der Waals surface area contributed by atoms with Gasteiger partial charge in [0.15, 0.2) is 0 Å². The molecule has 2 heterocycles. The minimum atomic E-state index is 0.481. The van der Waals surface area contributed by atoms with E-state index in [1.807, 2.05) is 13.0 Å². The van der Waals surface area contributed by atoms with Crippen molar-refractivity contribution in [3.05, 3.63) is 48.5 Å². The first-order chi connectivity index (χ1) is 7.70. The molecular weight excluding hydrogens is 200 g/mol. The topological polar surface area (TPSA) is 62.5 Å². The number of rotatable bonds is 1. The van der Waals surface area contributed by atoms with Gasteiger partial charge in [-0.3, -0.25) is 4.98 Å². The van der Waals surface area contributed by atoms with Crippen molar-refractivity contribution >= 4 is 0 Å². The molecule has 0 aliphatic rings. The predicted octanol–water partition coefficient (Wildman–Crippen LogP) is 1.90. The van der Waals surface area contributed by atoms with Gasteiger partial charge in [-0.2, -0.15) is 5.26 Å². The molecule has 0 bridgehead atoms. The van der Waals surface area contributed by atoms with Crippen molar-refractivity contribution in [2.24, 2.45) is 0 Å². The van der Waals surface area contributed by atoms with E-state index in [4.69, 9.17) is 5.26 Å². The predicted molar refractivity (Wildman–Crippen MR) is 59.2 cm³/mol. The molecule has 0 saturated carbocycles. The normalized spacial score (nSPS) is 9.81. The Morgan fingerprint density at radius 3 is 2.44 bits per heavy atom. The van der Waals surface area contributed by atoms with Crippen LogP contribution in [0.5, 0.6) is 0 Å². The first kappa shape index (κ1) is 10.2. The highest BCUT2D eigenvalue weighted by atomic mass is 14.9. The Bertz CT molecular complexity index is 552. The largest absolute Gasteiger partial charge is 0.255 e. The molecule has 0 saturated heterocycles. The lowest BCUT2D eigenvalue weighted by atomic mass is 10.1. The van der Waals surface area contributed by atoms with Crippen LogP contribution in [0, 0.1) is 25.2 Å². The number of hydrogen-bond donors (Lipinski definition) is 0. The fourth-order valence-electron chi connectivity index (χ4n) is 1.32. The number of hydrogen-bond acceptors (Lipinski definition) is 4. The second-order valence-electron chi connectivity index (χ2n) is 3.38. The molecule has 16 heavy (non-hydrogen) atoms. The van der Waals surface area contributed by atoms with E-state index in [1.165, 1.54) is 0 Å². The standard InChI is InChI=1S/C12H9N4/c1-8-3-12(16-5-10(8)4-13)11-6-14-9(2)15-7-11/h3,5-7H,2H2,1H3. The molecule has 0 unspecified atom stereocenters. The summed E-state index contributed by atoms with van der Waals surface area (Å²) in [6.45, 7) is 5.49. The van der Waals surface area contributed by atoms with Crippen molar-refractivity contribution in [2.45, 2.75) is 6.92 Å². The lowest BCUT2D eigenvalue weighted by Gasteiger charge is -2.02. The van der Waals surface area contributed by atoms with Crippen molar-refractivity contribution in [3.8, 4) is 17.3 Å². The number of nitrogens with zero attached hydrogens (tertiary/aromatic N) is 4. The molecule has 0 fully saturated rings. The Balaban J connectivity index is 2.46. The van der Waals surface area contributed by atoms with Gasteiger partial charge in [-0.25, -0.2) is 9.97 Å². The summed E-state index contributed by atoms with van der Waals surface area (Å²) < 4.78 is 0. The molecule has 1 radical (unpaired) electrons. The van der Waals surface area contributed by atoms with E-state index in [0.29, 0.717) is 11.4 Å². The smallest absolute Gasteiger partial charge is 0.128 e. The van der Waals surface area contributed by atoms with Crippen LogP contribution in [0.1, 0.15) is 17.0 Å². The summed E-state index contributed by atoms with van der Waals surface area (Å²) in [6.07, 6.45) is 4.90. The van der Waals surface area contributed by atoms with E-state index < -0.39 is 0 Å². The van der Waals surface area contributed by atoms with E-state index in [0.717, 1.165) is 16.8 Å². The van der Waals surface area contributed by atoms with Gasteiger partial charge >= 0.3 is 0 Å². The zero-order valence-electron chi connectivity index (χ0n) is 8.81. The van der Waals surface area contributed by atoms with Gasteiger partial charge in [0.1, 0.15) is 11.9 Å². The lowest BCUT2D eigenvalue weighted by Crippen LogP contribution is -1.92. The summed E-state index contributed by atoms with van der Waals surface area (Å²) in [7, 11) is 0. The second kappa shape index (κ2) is 4.07. The van der Waals surface area contributed by atoms with Gasteiger partial charge in [0, 0.05) is 31.1 Å². The molecule has 0 aromatic carbocycles. The molecule has 2 aromatic rings. The zero-order valence-corrected chi connectivity index (χ0v) is 8.81. The van der Waals surface area contributed by atoms with Crippen LogP contribution in [0.2, 0.25) is 0 Å². The SMILES string of the molecule is [CH2]c1ncc(-c2cc(C)c(C#N)cn2)cn1. The molecule has 2 rings (SSSR count). The van der Waals surface area contributed by atoms with Gasteiger partial charge in [-0.1, -0.05) is 0 Å². The number of aromatic nitrogens is 3. The summed E-state index contributed by atoms with van der Waals surface area (Å²) in [4.78, 5) is 12.2. The molecule has 4 nitrogen and oxygen atoms in total. The minimum absolute atomic E-state index is 0.481. The van der Waals surface area contributed by atoms with Crippen LogP contribution in [-0.2, 0) is 0 Å². The first-order valence-electron chi connectivity index (χ1n) is 4.72. The average molecular weight is 209 g/mol. The van der Waals surface area contributed by atoms with E-state index in [1.54, 1.807) is 18.6 Å². The van der Waals surface area contributed by atoms with E-state index in [2.05, 4.69) is 27.9 Å². The van der Waals surface area contributed by atoms with Gasteiger partial charge in [0.05, 0.1) is 11.3 Å². The number of aryl methyl sites for hydroxylation is 1. The summed E-state index contributed by atoms with van der Waals surface area (Å²) in [5, 5.41) is 8.79. The third-order valence-electron chi connectivity index (χ3n) is 2.23. The highest BCUT2D eigenvalue weighted by Crippen LogP contribution is 2.17. The Labute approximate surface area is 93.6 Å². The molecule has 0 aliphatic heterocycles. The van der Waals surface area contributed by atoms with Crippen LogP contribution < -0.4 is 0 Å². The Morgan fingerprint density at radius 1 is 1.19 bits per heavy atom. The van der Waals surface area contributed by atoms with Crippen LogP contribution in [0.4, 0.5) is 0 Å². The third kappa shape index (κ3) is 1.89. The Morgan fingerprint density at radius 2 is 1.88 bits per heavy atom. The third-order valence-corrected chi connectivity index (χ3v) is 2.23. The van der Waals surface area contributed by atoms with Gasteiger partial charge in [0.25, 0.3) is 0 Å². The van der Waals surface area contributed by atoms with Gasteiger partial charge in [-0.15, -0.1) is 0 Å². The highest BCUT2D eigenvalue weighted by Gasteiger charge is 2.03. The Hall–Kier alpha value is -2.28. The summed E-state index contributed by atoms with van der Waals surface area (Å²) in [5.74, 6) is 0.481. The summed E-state index contributed by atoms with van der Waals surface area (Å²) in [6, 6.07) is 3.93. The molecule has 2 aromatic heterocycles. The number of nitriles is 1. The van der Waals surface area contributed by atoms with Crippen LogP contribution in [-0.4, -0.2) is 15.0 Å². The van der Waals surface area contributed by atoms with E-state index in [9.17, 15) is 0 Å². The Kier molecular flexibility index (Phi) is 2.61. The summed E-state index contributed by atoms with van der Waals surface area (Å²) >= 11 is 0. The van der Waals surface area contributed by atoms with Crippen molar-refractivity contribution in [1.82, 2.24) is 15.0 Å². The monoisotopic (exact) mass is 209 g/mol.